The molecule has 3 aromatic carbocycles. The molecule has 0 spiro atoms. The lowest BCUT2D eigenvalue weighted by Gasteiger charge is -2.10. The minimum Gasteiger partial charge on any atom is -0.497 e. The summed E-state index contributed by atoms with van der Waals surface area (Å²) in [6.45, 7) is 0.850. The number of rotatable bonds is 10. The highest BCUT2D eigenvalue weighted by molar-refractivity contribution is 5.79. The van der Waals surface area contributed by atoms with Crippen molar-refractivity contribution < 1.29 is 19.1 Å². The first kappa shape index (κ1) is 22.9. The Balaban J connectivity index is 1.47. The molecule has 32 heavy (non-hydrogen) atoms. The first-order valence-electron chi connectivity index (χ1n) is 10.4. The van der Waals surface area contributed by atoms with Crippen LogP contribution in [0.4, 0.5) is 0 Å². The van der Waals surface area contributed by atoms with Crippen molar-refractivity contribution in [2.24, 2.45) is 0 Å². The monoisotopic (exact) mass is 432 g/mol. The minimum absolute atomic E-state index is 0.0600. The summed E-state index contributed by atoms with van der Waals surface area (Å²) < 4.78 is 10.4. The maximum absolute atomic E-state index is 12.3. The molecule has 0 fully saturated rings. The Morgan fingerprint density at radius 3 is 1.47 bits per heavy atom. The van der Waals surface area contributed by atoms with Crippen LogP contribution in [-0.2, 0) is 35.5 Å². The molecule has 0 unspecified atom stereocenters. The van der Waals surface area contributed by atoms with Crippen molar-refractivity contribution >= 4 is 11.8 Å². The van der Waals surface area contributed by atoms with Crippen LogP contribution in [0.15, 0.2) is 72.8 Å². The Morgan fingerprint density at radius 2 is 1.03 bits per heavy atom. The van der Waals surface area contributed by atoms with Gasteiger partial charge in [-0.1, -0.05) is 48.5 Å². The molecule has 0 atom stereocenters. The first-order chi connectivity index (χ1) is 15.6. The quantitative estimate of drug-likeness (QED) is 0.515. The minimum atomic E-state index is -0.0600. The smallest absolute Gasteiger partial charge is 0.224 e. The summed E-state index contributed by atoms with van der Waals surface area (Å²) in [5.41, 5.74) is 3.75. The van der Waals surface area contributed by atoms with Gasteiger partial charge in [-0.25, -0.2) is 0 Å². The van der Waals surface area contributed by atoms with E-state index >= 15 is 0 Å². The van der Waals surface area contributed by atoms with Crippen LogP contribution >= 0.6 is 0 Å². The highest BCUT2D eigenvalue weighted by Gasteiger charge is 2.07. The van der Waals surface area contributed by atoms with Crippen LogP contribution in [0.5, 0.6) is 11.5 Å². The number of hydrogen-bond donors (Lipinski definition) is 2. The highest BCUT2D eigenvalue weighted by Crippen LogP contribution is 2.14. The lowest BCUT2D eigenvalue weighted by atomic mass is 10.1. The fourth-order valence-corrected chi connectivity index (χ4v) is 3.31. The number of ether oxygens (including phenoxy) is 2. The Labute approximate surface area is 188 Å². The Hall–Kier alpha value is -3.80. The molecule has 0 bridgehead atoms. The molecule has 0 heterocycles. The number of amides is 2. The van der Waals surface area contributed by atoms with E-state index in [9.17, 15) is 9.59 Å². The lowest BCUT2D eigenvalue weighted by molar-refractivity contribution is -0.121. The van der Waals surface area contributed by atoms with Crippen LogP contribution in [0.2, 0.25) is 0 Å². The molecular weight excluding hydrogens is 404 g/mol. The van der Waals surface area contributed by atoms with Gasteiger partial charge < -0.3 is 20.1 Å². The summed E-state index contributed by atoms with van der Waals surface area (Å²) in [4.78, 5) is 24.6. The summed E-state index contributed by atoms with van der Waals surface area (Å²) in [5, 5.41) is 5.88. The molecule has 0 radical (unpaired) electrons. The zero-order valence-corrected chi connectivity index (χ0v) is 18.4. The maximum atomic E-state index is 12.3. The number of benzene rings is 3. The second-order valence-electron chi connectivity index (χ2n) is 7.43. The molecule has 2 amide bonds. The zero-order chi connectivity index (χ0) is 22.8. The van der Waals surface area contributed by atoms with Gasteiger partial charge in [-0.3, -0.25) is 9.59 Å². The van der Waals surface area contributed by atoms with Crippen molar-refractivity contribution in [3.63, 3.8) is 0 Å². The van der Waals surface area contributed by atoms with Crippen LogP contribution in [-0.4, -0.2) is 26.0 Å². The fourth-order valence-electron chi connectivity index (χ4n) is 3.31. The van der Waals surface area contributed by atoms with Crippen molar-refractivity contribution in [3.05, 3.63) is 95.1 Å². The average molecular weight is 433 g/mol. The molecule has 0 saturated heterocycles. The van der Waals surface area contributed by atoms with E-state index in [1.54, 1.807) is 14.2 Å². The summed E-state index contributed by atoms with van der Waals surface area (Å²) >= 11 is 0. The van der Waals surface area contributed by atoms with Crippen molar-refractivity contribution in [2.75, 3.05) is 14.2 Å². The van der Waals surface area contributed by atoms with Gasteiger partial charge in [-0.2, -0.15) is 0 Å². The van der Waals surface area contributed by atoms with Crippen molar-refractivity contribution in [1.29, 1.82) is 0 Å². The van der Waals surface area contributed by atoms with Crippen LogP contribution in [0.25, 0.3) is 0 Å². The molecule has 6 heteroatoms. The molecule has 0 aliphatic carbocycles. The Morgan fingerprint density at radius 1 is 0.625 bits per heavy atom. The molecule has 166 valence electrons. The van der Waals surface area contributed by atoms with Crippen molar-refractivity contribution in [2.45, 2.75) is 25.9 Å². The van der Waals surface area contributed by atoms with Gasteiger partial charge in [0, 0.05) is 13.1 Å². The second kappa shape index (κ2) is 11.6. The van der Waals surface area contributed by atoms with E-state index in [-0.39, 0.29) is 24.7 Å². The van der Waals surface area contributed by atoms with E-state index in [1.165, 1.54) is 0 Å². The lowest BCUT2D eigenvalue weighted by Crippen LogP contribution is -2.25. The molecule has 0 aliphatic heterocycles. The SMILES string of the molecule is COc1cccc(CC(=O)NCc2cccc(CNC(=O)Cc3cccc(OC)c3)c2)c1. The third-order valence-electron chi connectivity index (χ3n) is 4.97. The third kappa shape index (κ3) is 7.16. The molecule has 2 N–H and O–H groups in total. The maximum Gasteiger partial charge on any atom is 0.224 e. The Kier molecular flexibility index (Phi) is 8.26. The summed E-state index contributed by atoms with van der Waals surface area (Å²) in [7, 11) is 3.21. The van der Waals surface area contributed by atoms with Crippen LogP contribution < -0.4 is 20.1 Å². The van der Waals surface area contributed by atoms with Crippen LogP contribution in [0, 0.1) is 0 Å². The summed E-state index contributed by atoms with van der Waals surface area (Å²) in [6, 6.07) is 22.8. The van der Waals surface area contributed by atoms with E-state index in [4.69, 9.17) is 9.47 Å². The largest absolute Gasteiger partial charge is 0.497 e. The van der Waals surface area contributed by atoms with Gasteiger partial charge in [0.25, 0.3) is 0 Å². The van der Waals surface area contributed by atoms with E-state index in [0.29, 0.717) is 13.1 Å². The number of nitrogens with one attached hydrogen (secondary N) is 2. The third-order valence-corrected chi connectivity index (χ3v) is 4.97. The van der Waals surface area contributed by atoms with E-state index in [0.717, 1.165) is 33.8 Å². The highest BCUT2D eigenvalue weighted by atomic mass is 16.5. The molecule has 0 saturated carbocycles. The van der Waals surface area contributed by atoms with Crippen LogP contribution in [0.1, 0.15) is 22.3 Å². The van der Waals surface area contributed by atoms with Gasteiger partial charge in [-0.05, 0) is 46.5 Å². The van der Waals surface area contributed by atoms with E-state index in [1.807, 2.05) is 72.8 Å². The zero-order valence-electron chi connectivity index (χ0n) is 18.4. The standard InChI is InChI=1S/C26H28N2O4/c1-31-23-10-4-6-19(13-23)15-25(29)27-17-21-8-3-9-22(12-21)18-28-26(30)16-20-7-5-11-24(14-20)32-2/h3-14H,15-18H2,1-2H3,(H,27,29)(H,28,30). The fraction of sp³-hybridized carbons (Fsp3) is 0.231. The number of hydrogen-bond acceptors (Lipinski definition) is 4. The van der Waals surface area contributed by atoms with Gasteiger partial charge in [0.2, 0.25) is 11.8 Å². The van der Waals surface area contributed by atoms with Gasteiger partial charge in [0.05, 0.1) is 27.1 Å². The van der Waals surface area contributed by atoms with Gasteiger partial charge in [0.15, 0.2) is 0 Å². The van der Waals surface area contributed by atoms with Crippen molar-refractivity contribution in [1.82, 2.24) is 10.6 Å². The molecular formula is C26H28N2O4. The average Bonchev–Trinajstić information content (AvgIpc) is 2.82. The molecule has 0 aliphatic rings. The number of carbonyl (C=O) groups excluding carboxylic acids is 2. The summed E-state index contributed by atoms with van der Waals surface area (Å²) in [5.74, 6) is 1.35. The molecule has 3 aromatic rings. The first-order valence-corrected chi connectivity index (χ1v) is 10.4. The topological polar surface area (TPSA) is 76.7 Å². The normalized spacial score (nSPS) is 10.3. The predicted octanol–water partition coefficient (Wildman–Crippen LogP) is 3.42. The van der Waals surface area contributed by atoms with E-state index in [2.05, 4.69) is 10.6 Å². The van der Waals surface area contributed by atoms with Crippen LogP contribution in [0.3, 0.4) is 0 Å². The Bertz CT molecular complexity index is 984. The van der Waals surface area contributed by atoms with E-state index < -0.39 is 0 Å². The van der Waals surface area contributed by atoms with Gasteiger partial charge in [0.1, 0.15) is 11.5 Å². The molecule has 3 rings (SSSR count). The number of carbonyl (C=O) groups is 2. The molecule has 6 nitrogen and oxygen atoms in total. The number of methoxy groups -OCH3 is 2. The molecule has 0 aromatic heterocycles. The second-order valence-corrected chi connectivity index (χ2v) is 7.43. The van der Waals surface area contributed by atoms with Crippen molar-refractivity contribution in [3.8, 4) is 11.5 Å². The predicted molar refractivity (Wildman–Crippen MR) is 124 cm³/mol. The van der Waals surface area contributed by atoms with Gasteiger partial charge in [-0.15, -0.1) is 0 Å². The summed E-state index contributed by atoms with van der Waals surface area (Å²) in [6.07, 6.45) is 0.578. The van der Waals surface area contributed by atoms with Gasteiger partial charge >= 0.3 is 0 Å².